The number of ether oxygens (including phenoxy) is 2. The number of anilines is 1. The Morgan fingerprint density at radius 1 is 1.21 bits per heavy atom. The zero-order valence-corrected chi connectivity index (χ0v) is 16.2. The predicted molar refractivity (Wildman–Crippen MR) is 109 cm³/mol. The number of amides is 1. The largest absolute Gasteiger partial charge is 0.497 e. The van der Waals surface area contributed by atoms with Gasteiger partial charge in [0.2, 0.25) is 0 Å². The van der Waals surface area contributed by atoms with E-state index in [4.69, 9.17) is 15.2 Å². The van der Waals surface area contributed by atoms with Gasteiger partial charge in [0.15, 0.2) is 0 Å². The first kappa shape index (κ1) is 19.4. The third-order valence-electron chi connectivity index (χ3n) is 4.39. The van der Waals surface area contributed by atoms with E-state index in [9.17, 15) is 4.79 Å². The van der Waals surface area contributed by atoms with Crippen LogP contribution in [0, 0.1) is 6.92 Å². The Kier molecular flexibility index (Phi) is 5.96. The van der Waals surface area contributed by atoms with Crippen molar-refractivity contribution in [2.75, 3.05) is 25.6 Å². The Morgan fingerprint density at radius 3 is 2.68 bits per heavy atom. The van der Waals surface area contributed by atoms with Gasteiger partial charge in [-0.2, -0.15) is 5.10 Å². The summed E-state index contributed by atoms with van der Waals surface area (Å²) < 4.78 is 12.7. The van der Waals surface area contributed by atoms with E-state index in [0.29, 0.717) is 35.9 Å². The van der Waals surface area contributed by atoms with Crippen LogP contribution in [0.25, 0.3) is 11.3 Å². The first-order chi connectivity index (χ1) is 13.5. The number of nitrogens with zero attached hydrogens (tertiary/aromatic N) is 2. The summed E-state index contributed by atoms with van der Waals surface area (Å²) >= 11 is 0. The Hall–Kier alpha value is -3.32. The lowest BCUT2D eigenvalue weighted by Gasteiger charge is -2.14. The van der Waals surface area contributed by atoms with Crippen LogP contribution in [0.1, 0.15) is 15.9 Å². The third-order valence-corrected chi connectivity index (χ3v) is 4.39. The van der Waals surface area contributed by atoms with E-state index in [2.05, 4.69) is 10.4 Å². The number of hydrogen-bond acceptors (Lipinski definition) is 5. The third kappa shape index (κ3) is 4.15. The standard InChI is InChI=1S/C21H24N4O3/c1-14-12-16(27-3)5-6-17(14)21(26)24-15-4-7-20(28-11-9-22)18(13-15)19-8-10-23-25(19)2/h4-8,10,12-13H,9,11,22H2,1-3H3,(H,24,26). The average molecular weight is 380 g/mol. The normalized spacial score (nSPS) is 10.6. The smallest absolute Gasteiger partial charge is 0.255 e. The molecule has 0 unspecified atom stereocenters. The molecule has 28 heavy (non-hydrogen) atoms. The molecule has 0 radical (unpaired) electrons. The molecule has 146 valence electrons. The summed E-state index contributed by atoms with van der Waals surface area (Å²) in [6.45, 7) is 2.70. The maximum atomic E-state index is 12.7. The number of aryl methyl sites for hydroxylation is 2. The molecule has 1 aromatic heterocycles. The van der Waals surface area contributed by atoms with Gasteiger partial charge < -0.3 is 20.5 Å². The molecular weight excluding hydrogens is 356 g/mol. The number of benzene rings is 2. The zero-order chi connectivity index (χ0) is 20.1. The number of rotatable bonds is 7. The molecule has 0 aliphatic rings. The Balaban J connectivity index is 1.90. The molecule has 0 aliphatic carbocycles. The van der Waals surface area contributed by atoms with Gasteiger partial charge in [0.25, 0.3) is 5.91 Å². The van der Waals surface area contributed by atoms with Crippen LogP contribution < -0.4 is 20.5 Å². The van der Waals surface area contributed by atoms with Crippen LogP contribution in [-0.4, -0.2) is 35.9 Å². The van der Waals surface area contributed by atoms with E-state index >= 15 is 0 Å². The van der Waals surface area contributed by atoms with E-state index in [1.807, 2.05) is 44.3 Å². The van der Waals surface area contributed by atoms with Gasteiger partial charge in [0.05, 0.1) is 12.8 Å². The summed E-state index contributed by atoms with van der Waals surface area (Å²) in [6, 6.07) is 12.8. The molecule has 3 N–H and O–H groups in total. The average Bonchev–Trinajstić information content (AvgIpc) is 3.12. The van der Waals surface area contributed by atoms with Crippen molar-refractivity contribution in [2.45, 2.75) is 6.92 Å². The molecule has 2 aromatic carbocycles. The van der Waals surface area contributed by atoms with E-state index in [0.717, 1.165) is 16.8 Å². The van der Waals surface area contributed by atoms with Crippen LogP contribution in [0.4, 0.5) is 5.69 Å². The van der Waals surface area contributed by atoms with Crippen LogP contribution in [0.2, 0.25) is 0 Å². The number of carbonyl (C=O) groups excluding carboxylic acids is 1. The predicted octanol–water partition coefficient (Wildman–Crippen LogP) is 2.99. The Morgan fingerprint density at radius 2 is 2.04 bits per heavy atom. The number of aromatic nitrogens is 2. The monoisotopic (exact) mass is 380 g/mol. The molecule has 3 rings (SSSR count). The summed E-state index contributed by atoms with van der Waals surface area (Å²) in [7, 11) is 3.46. The molecule has 0 atom stereocenters. The first-order valence-corrected chi connectivity index (χ1v) is 8.94. The second-order valence-electron chi connectivity index (χ2n) is 6.32. The molecule has 1 amide bonds. The maximum absolute atomic E-state index is 12.7. The maximum Gasteiger partial charge on any atom is 0.255 e. The Labute approximate surface area is 164 Å². The van der Waals surface area contributed by atoms with Crippen molar-refractivity contribution in [3.63, 3.8) is 0 Å². The molecule has 3 aromatic rings. The first-order valence-electron chi connectivity index (χ1n) is 8.94. The lowest BCUT2D eigenvalue weighted by atomic mass is 10.1. The van der Waals surface area contributed by atoms with Gasteiger partial charge in [-0.1, -0.05) is 0 Å². The van der Waals surface area contributed by atoms with Gasteiger partial charge in [-0.25, -0.2) is 0 Å². The SMILES string of the molecule is COc1ccc(C(=O)Nc2ccc(OCCN)c(-c3ccnn3C)c2)c(C)c1. The van der Waals surface area contributed by atoms with Crippen LogP contribution in [0.3, 0.4) is 0 Å². The molecule has 1 heterocycles. The van der Waals surface area contributed by atoms with Crippen LogP contribution in [-0.2, 0) is 7.05 Å². The molecule has 0 saturated heterocycles. The second kappa shape index (κ2) is 8.58. The minimum atomic E-state index is -0.188. The molecule has 0 fully saturated rings. The van der Waals surface area contributed by atoms with E-state index in [1.54, 1.807) is 30.1 Å². The summed E-state index contributed by atoms with van der Waals surface area (Å²) in [5.41, 5.74) is 9.36. The zero-order valence-electron chi connectivity index (χ0n) is 16.2. The van der Waals surface area contributed by atoms with Gasteiger partial charge in [0, 0.05) is 36.6 Å². The quantitative estimate of drug-likeness (QED) is 0.657. The molecule has 0 saturated carbocycles. The van der Waals surface area contributed by atoms with E-state index < -0.39 is 0 Å². The molecule has 7 heteroatoms. The number of nitrogens with two attached hydrogens (primary N) is 1. The van der Waals surface area contributed by atoms with Crippen LogP contribution in [0.5, 0.6) is 11.5 Å². The topological polar surface area (TPSA) is 91.4 Å². The molecule has 0 aliphatic heterocycles. The number of nitrogens with one attached hydrogen (secondary N) is 1. The number of carbonyl (C=O) groups is 1. The van der Waals surface area contributed by atoms with Crippen molar-refractivity contribution in [3.05, 3.63) is 59.8 Å². The fourth-order valence-corrected chi connectivity index (χ4v) is 2.96. The van der Waals surface area contributed by atoms with Gasteiger partial charge in [0.1, 0.15) is 18.1 Å². The highest BCUT2D eigenvalue weighted by Crippen LogP contribution is 2.32. The number of methoxy groups -OCH3 is 1. The fourth-order valence-electron chi connectivity index (χ4n) is 2.96. The highest BCUT2D eigenvalue weighted by Gasteiger charge is 2.14. The summed E-state index contributed by atoms with van der Waals surface area (Å²) in [6.07, 6.45) is 1.72. The lowest BCUT2D eigenvalue weighted by Crippen LogP contribution is -2.14. The van der Waals surface area contributed by atoms with Crippen LogP contribution in [0.15, 0.2) is 48.7 Å². The molecule has 0 bridgehead atoms. The van der Waals surface area contributed by atoms with Gasteiger partial charge in [-0.3, -0.25) is 9.48 Å². The van der Waals surface area contributed by atoms with Crippen molar-refractivity contribution < 1.29 is 14.3 Å². The highest BCUT2D eigenvalue weighted by molar-refractivity contribution is 6.05. The minimum absolute atomic E-state index is 0.188. The second-order valence-corrected chi connectivity index (χ2v) is 6.32. The molecule has 7 nitrogen and oxygen atoms in total. The van der Waals surface area contributed by atoms with Crippen molar-refractivity contribution in [2.24, 2.45) is 12.8 Å². The minimum Gasteiger partial charge on any atom is -0.497 e. The van der Waals surface area contributed by atoms with Gasteiger partial charge in [-0.05, 0) is 55.0 Å². The molecular formula is C21H24N4O3. The summed E-state index contributed by atoms with van der Waals surface area (Å²) in [5.74, 6) is 1.22. The summed E-state index contributed by atoms with van der Waals surface area (Å²) in [4.78, 5) is 12.7. The van der Waals surface area contributed by atoms with Gasteiger partial charge in [-0.15, -0.1) is 0 Å². The van der Waals surface area contributed by atoms with Crippen LogP contribution >= 0.6 is 0 Å². The van der Waals surface area contributed by atoms with Crippen molar-refractivity contribution in [3.8, 4) is 22.8 Å². The Bertz CT molecular complexity index is 982. The lowest BCUT2D eigenvalue weighted by molar-refractivity contribution is 0.102. The highest BCUT2D eigenvalue weighted by atomic mass is 16.5. The number of hydrogen-bond donors (Lipinski definition) is 2. The van der Waals surface area contributed by atoms with E-state index in [-0.39, 0.29) is 5.91 Å². The van der Waals surface area contributed by atoms with Gasteiger partial charge >= 0.3 is 0 Å². The molecule has 0 spiro atoms. The van der Waals surface area contributed by atoms with Crippen molar-refractivity contribution in [1.82, 2.24) is 9.78 Å². The fraction of sp³-hybridized carbons (Fsp3) is 0.238. The van der Waals surface area contributed by atoms with Crippen molar-refractivity contribution in [1.29, 1.82) is 0 Å². The van der Waals surface area contributed by atoms with E-state index in [1.165, 1.54) is 0 Å². The van der Waals surface area contributed by atoms with Crippen molar-refractivity contribution >= 4 is 11.6 Å². The summed E-state index contributed by atoms with van der Waals surface area (Å²) in [5, 5.41) is 7.17.